The Kier molecular flexibility index (Phi) is 4.31. The van der Waals surface area contributed by atoms with Gasteiger partial charge in [-0.1, -0.05) is 30.5 Å². The van der Waals surface area contributed by atoms with E-state index in [0.29, 0.717) is 12.2 Å². The first-order valence-corrected chi connectivity index (χ1v) is 6.49. The Morgan fingerprint density at radius 3 is 2.83 bits per heavy atom. The van der Waals surface area contributed by atoms with Crippen LogP contribution in [-0.2, 0) is 0 Å². The van der Waals surface area contributed by atoms with E-state index in [1.807, 2.05) is 4.90 Å². The van der Waals surface area contributed by atoms with E-state index >= 15 is 0 Å². The zero-order chi connectivity index (χ0) is 13.0. The fourth-order valence-corrected chi connectivity index (χ4v) is 2.49. The van der Waals surface area contributed by atoms with Crippen molar-refractivity contribution in [2.24, 2.45) is 0 Å². The molecule has 1 amide bonds. The highest BCUT2D eigenvalue weighted by Gasteiger charge is 2.27. The largest absolute Gasteiger partial charge is 0.331 e. The summed E-state index contributed by atoms with van der Waals surface area (Å²) in [6.45, 7) is 4.25. The fourth-order valence-electron chi connectivity index (χ4n) is 2.35. The summed E-state index contributed by atoms with van der Waals surface area (Å²) < 4.78 is 0. The molecule has 0 unspecified atom stereocenters. The van der Waals surface area contributed by atoms with E-state index in [-0.39, 0.29) is 17.1 Å². The van der Waals surface area contributed by atoms with Gasteiger partial charge in [0.2, 0.25) is 0 Å². The number of aromatic nitrogens is 2. The van der Waals surface area contributed by atoms with Crippen molar-refractivity contribution in [3.8, 4) is 0 Å². The molecule has 96 valence electrons. The van der Waals surface area contributed by atoms with E-state index in [0.717, 1.165) is 12.8 Å². The first-order chi connectivity index (χ1) is 8.72. The minimum atomic E-state index is -0.114. The normalized spacial score (nSPS) is 15.6. The van der Waals surface area contributed by atoms with Gasteiger partial charge in [0.1, 0.15) is 10.8 Å². The van der Waals surface area contributed by atoms with Crippen molar-refractivity contribution < 1.29 is 4.79 Å². The Morgan fingerprint density at radius 2 is 2.22 bits per heavy atom. The molecule has 1 aliphatic carbocycles. The highest BCUT2D eigenvalue weighted by Crippen LogP contribution is 2.24. The van der Waals surface area contributed by atoms with E-state index in [9.17, 15) is 4.79 Å². The average Bonchev–Trinajstić information content (AvgIpc) is 2.89. The number of carbonyl (C=O) groups is 1. The van der Waals surface area contributed by atoms with Crippen LogP contribution in [-0.4, -0.2) is 33.4 Å². The second-order valence-corrected chi connectivity index (χ2v) is 4.80. The molecule has 0 aliphatic heterocycles. The van der Waals surface area contributed by atoms with Gasteiger partial charge in [0, 0.05) is 12.6 Å². The Bertz CT molecular complexity index is 444. The summed E-state index contributed by atoms with van der Waals surface area (Å²) in [5, 5.41) is 0.242. The van der Waals surface area contributed by atoms with Crippen LogP contribution < -0.4 is 0 Å². The Morgan fingerprint density at radius 1 is 1.50 bits per heavy atom. The van der Waals surface area contributed by atoms with Crippen LogP contribution in [0.1, 0.15) is 36.2 Å². The average molecular weight is 266 g/mol. The van der Waals surface area contributed by atoms with Gasteiger partial charge in [-0.15, -0.1) is 6.58 Å². The lowest BCUT2D eigenvalue weighted by molar-refractivity contribution is 0.0700. The third-order valence-corrected chi connectivity index (χ3v) is 3.36. The van der Waals surface area contributed by atoms with Crippen molar-refractivity contribution in [2.75, 3.05) is 6.54 Å². The standard InChI is InChI=1S/C13H16ClN3O/c1-2-7-17(10-5-3-4-6-10)13(18)11-8-15-9-12(14)16-11/h2,8-10H,1,3-7H2. The van der Waals surface area contributed by atoms with Crippen LogP contribution in [0.3, 0.4) is 0 Å². The Balaban J connectivity index is 2.19. The lowest BCUT2D eigenvalue weighted by atomic mass is 10.2. The van der Waals surface area contributed by atoms with E-state index in [4.69, 9.17) is 11.6 Å². The van der Waals surface area contributed by atoms with Gasteiger partial charge in [-0.3, -0.25) is 9.78 Å². The molecule has 1 heterocycles. The highest BCUT2D eigenvalue weighted by molar-refractivity contribution is 6.29. The topological polar surface area (TPSA) is 46.1 Å². The van der Waals surface area contributed by atoms with Gasteiger partial charge in [0.05, 0.1) is 12.4 Å². The van der Waals surface area contributed by atoms with Gasteiger partial charge in [-0.05, 0) is 12.8 Å². The monoisotopic (exact) mass is 265 g/mol. The molecule has 0 atom stereocenters. The van der Waals surface area contributed by atoms with Crippen LogP contribution in [0.5, 0.6) is 0 Å². The maximum Gasteiger partial charge on any atom is 0.274 e. The molecule has 0 N–H and O–H groups in total. The number of amides is 1. The maximum absolute atomic E-state index is 12.4. The Hall–Kier alpha value is -1.42. The first kappa shape index (κ1) is 13.0. The van der Waals surface area contributed by atoms with Gasteiger partial charge < -0.3 is 4.90 Å². The number of carbonyl (C=O) groups excluding carboxylic acids is 1. The quantitative estimate of drug-likeness (QED) is 0.787. The number of halogens is 1. The molecule has 5 heteroatoms. The zero-order valence-corrected chi connectivity index (χ0v) is 10.9. The van der Waals surface area contributed by atoms with Crippen LogP contribution in [0.25, 0.3) is 0 Å². The number of hydrogen-bond donors (Lipinski definition) is 0. The predicted molar refractivity (Wildman–Crippen MR) is 70.5 cm³/mol. The molecule has 1 fully saturated rings. The van der Waals surface area contributed by atoms with Gasteiger partial charge in [-0.2, -0.15) is 0 Å². The third kappa shape index (κ3) is 2.88. The summed E-state index contributed by atoms with van der Waals surface area (Å²) in [7, 11) is 0. The molecule has 0 spiro atoms. The number of rotatable bonds is 4. The van der Waals surface area contributed by atoms with Gasteiger partial charge >= 0.3 is 0 Å². The van der Waals surface area contributed by atoms with E-state index in [1.54, 1.807) is 6.08 Å². The molecule has 2 rings (SSSR count). The molecule has 0 aromatic carbocycles. The molecular formula is C13H16ClN3O. The van der Waals surface area contributed by atoms with Crippen molar-refractivity contribution in [1.82, 2.24) is 14.9 Å². The second-order valence-electron chi connectivity index (χ2n) is 4.41. The molecule has 18 heavy (non-hydrogen) atoms. The molecule has 1 aromatic rings. The molecule has 4 nitrogen and oxygen atoms in total. The van der Waals surface area contributed by atoms with Crippen LogP contribution in [0.15, 0.2) is 25.0 Å². The van der Waals surface area contributed by atoms with Crippen LogP contribution in [0.2, 0.25) is 5.15 Å². The zero-order valence-electron chi connectivity index (χ0n) is 10.2. The molecule has 1 aliphatic rings. The van der Waals surface area contributed by atoms with E-state index in [2.05, 4.69) is 16.5 Å². The first-order valence-electron chi connectivity index (χ1n) is 6.12. The molecule has 0 radical (unpaired) electrons. The van der Waals surface area contributed by atoms with Crippen LogP contribution >= 0.6 is 11.6 Å². The van der Waals surface area contributed by atoms with Crippen molar-refractivity contribution >= 4 is 17.5 Å². The molecule has 0 saturated heterocycles. The molecule has 1 aromatic heterocycles. The smallest absolute Gasteiger partial charge is 0.274 e. The van der Waals surface area contributed by atoms with Crippen LogP contribution in [0, 0.1) is 0 Å². The number of nitrogens with zero attached hydrogens (tertiary/aromatic N) is 3. The molecule has 1 saturated carbocycles. The predicted octanol–water partition coefficient (Wildman–Crippen LogP) is 2.70. The maximum atomic E-state index is 12.4. The minimum absolute atomic E-state index is 0.114. The minimum Gasteiger partial charge on any atom is -0.331 e. The van der Waals surface area contributed by atoms with E-state index in [1.165, 1.54) is 25.2 Å². The fraction of sp³-hybridized carbons (Fsp3) is 0.462. The summed E-state index contributed by atoms with van der Waals surface area (Å²) in [6, 6.07) is 0.288. The van der Waals surface area contributed by atoms with Crippen molar-refractivity contribution in [2.45, 2.75) is 31.7 Å². The van der Waals surface area contributed by atoms with Gasteiger partial charge in [-0.25, -0.2) is 4.98 Å². The van der Waals surface area contributed by atoms with Crippen LogP contribution in [0.4, 0.5) is 0 Å². The summed E-state index contributed by atoms with van der Waals surface area (Å²) in [4.78, 5) is 22.1. The third-order valence-electron chi connectivity index (χ3n) is 3.18. The second kappa shape index (κ2) is 5.96. The highest BCUT2D eigenvalue weighted by atomic mass is 35.5. The number of hydrogen-bond acceptors (Lipinski definition) is 3. The SMILES string of the molecule is C=CCN(C(=O)c1cncc(Cl)n1)C1CCCC1. The Labute approximate surface area is 112 Å². The molecular weight excluding hydrogens is 250 g/mol. The van der Waals surface area contributed by atoms with E-state index < -0.39 is 0 Å². The van der Waals surface area contributed by atoms with Crippen molar-refractivity contribution in [3.05, 3.63) is 35.9 Å². The van der Waals surface area contributed by atoms with Gasteiger partial charge in [0.25, 0.3) is 5.91 Å². The van der Waals surface area contributed by atoms with Gasteiger partial charge in [0.15, 0.2) is 0 Å². The summed E-state index contributed by atoms with van der Waals surface area (Å²) in [5.74, 6) is -0.114. The summed E-state index contributed by atoms with van der Waals surface area (Å²) in [6.07, 6.45) is 9.07. The summed E-state index contributed by atoms with van der Waals surface area (Å²) >= 11 is 5.77. The lowest BCUT2D eigenvalue weighted by Gasteiger charge is -2.27. The lowest BCUT2D eigenvalue weighted by Crippen LogP contribution is -2.39. The molecule has 0 bridgehead atoms. The van der Waals surface area contributed by atoms with Crippen molar-refractivity contribution in [1.29, 1.82) is 0 Å². The summed E-state index contributed by atoms with van der Waals surface area (Å²) in [5.41, 5.74) is 0.302. The van der Waals surface area contributed by atoms with Crippen molar-refractivity contribution in [3.63, 3.8) is 0 Å².